The monoisotopic (exact) mass is 405 g/mol. The minimum absolute atomic E-state index is 0.152. The molecule has 0 saturated carbocycles. The van der Waals surface area contributed by atoms with E-state index in [1.165, 1.54) is 24.5 Å². The summed E-state index contributed by atoms with van der Waals surface area (Å²) in [5, 5.41) is 9.07. The van der Waals surface area contributed by atoms with Crippen molar-refractivity contribution < 1.29 is 45.7 Å². The van der Waals surface area contributed by atoms with Crippen LogP contribution in [0, 0.1) is 0 Å². The third-order valence-corrected chi connectivity index (χ3v) is 3.67. The highest BCUT2D eigenvalue weighted by molar-refractivity contribution is 5.96. The lowest BCUT2D eigenvalue weighted by atomic mass is 9.96. The van der Waals surface area contributed by atoms with Gasteiger partial charge in [-0.05, 0) is 24.3 Å². The predicted molar refractivity (Wildman–Crippen MR) is 82.4 cm³/mol. The Morgan fingerprint density at radius 1 is 1.18 bits per heavy atom. The summed E-state index contributed by atoms with van der Waals surface area (Å²) >= 11 is 0. The molecule has 2 heterocycles. The second-order valence-electron chi connectivity index (χ2n) is 5.62. The highest BCUT2D eigenvalue weighted by Gasteiger charge is 2.49. The second kappa shape index (κ2) is 6.73. The number of ether oxygens (including phenoxy) is 2. The number of fused-ring (bicyclic) bond motifs is 1. The Hall–Kier alpha value is -3.24. The van der Waals surface area contributed by atoms with Crippen LogP contribution >= 0.6 is 0 Å². The van der Waals surface area contributed by atoms with Crippen LogP contribution in [0.25, 0.3) is 17.2 Å². The van der Waals surface area contributed by atoms with Gasteiger partial charge < -0.3 is 14.6 Å². The van der Waals surface area contributed by atoms with Gasteiger partial charge in [-0.3, -0.25) is 4.98 Å². The van der Waals surface area contributed by atoms with Crippen LogP contribution in [-0.4, -0.2) is 34.7 Å². The van der Waals surface area contributed by atoms with E-state index in [4.69, 9.17) is 9.84 Å². The van der Waals surface area contributed by atoms with Crippen molar-refractivity contribution in [1.82, 2.24) is 4.98 Å². The van der Waals surface area contributed by atoms with Gasteiger partial charge in [0.05, 0.1) is 5.57 Å². The van der Waals surface area contributed by atoms with E-state index >= 15 is 0 Å². The largest absolute Gasteiger partial charge is 0.573 e. The molecule has 1 unspecified atom stereocenters. The van der Waals surface area contributed by atoms with Gasteiger partial charge in [-0.25, -0.2) is 4.79 Å². The van der Waals surface area contributed by atoms with E-state index < -0.39 is 41.7 Å². The van der Waals surface area contributed by atoms with Gasteiger partial charge in [0, 0.05) is 29.1 Å². The first kappa shape index (κ1) is 19.5. The summed E-state index contributed by atoms with van der Waals surface area (Å²) in [6, 6.07) is 4.40. The normalized spacial score (nSPS) is 16.6. The summed E-state index contributed by atoms with van der Waals surface area (Å²) in [6.45, 7) is 0. The predicted octanol–water partition coefficient (Wildman–Crippen LogP) is 4.44. The van der Waals surface area contributed by atoms with E-state index in [2.05, 4.69) is 9.72 Å². The number of benzene rings is 1. The number of carbonyl (C=O) groups is 1. The van der Waals surface area contributed by atoms with E-state index in [1.807, 2.05) is 0 Å². The number of pyridine rings is 1. The van der Waals surface area contributed by atoms with E-state index in [9.17, 15) is 31.1 Å². The Kier molecular flexibility index (Phi) is 4.69. The third-order valence-electron chi connectivity index (χ3n) is 3.67. The number of alkyl halides is 6. The van der Waals surface area contributed by atoms with Gasteiger partial charge in [0.2, 0.25) is 6.10 Å². The number of rotatable bonds is 3. The Morgan fingerprint density at radius 3 is 2.43 bits per heavy atom. The molecule has 1 aliphatic heterocycles. The lowest BCUT2D eigenvalue weighted by molar-refractivity contribution is -0.274. The fraction of sp³-hybridized carbons (Fsp3) is 0.176. The molecule has 0 saturated heterocycles. The maximum Gasteiger partial charge on any atom is 0.573 e. The van der Waals surface area contributed by atoms with Gasteiger partial charge in [-0.15, -0.1) is 13.2 Å². The number of nitrogens with zero attached hydrogens (tertiary/aromatic N) is 1. The molecule has 0 spiro atoms. The molecule has 0 bridgehead atoms. The fourth-order valence-electron chi connectivity index (χ4n) is 2.63. The molecule has 0 fully saturated rings. The van der Waals surface area contributed by atoms with Crippen molar-refractivity contribution >= 4 is 12.0 Å². The van der Waals surface area contributed by atoms with Crippen molar-refractivity contribution in [2.45, 2.75) is 18.6 Å². The highest BCUT2D eigenvalue weighted by Crippen LogP contribution is 2.45. The molecular formula is C17H9F6NO4. The van der Waals surface area contributed by atoms with E-state index in [1.54, 1.807) is 0 Å². The van der Waals surface area contributed by atoms with E-state index in [0.717, 1.165) is 12.1 Å². The molecule has 1 aliphatic rings. The van der Waals surface area contributed by atoms with Crippen molar-refractivity contribution in [2.75, 3.05) is 0 Å². The van der Waals surface area contributed by atoms with E-state index in [-0.39, 0.29) is 16.7 Å². The van der Waals surface area contributed by atoms with Crippen LogP contribution in [-0.2, 0) is 4.79 Å². The summed E-state index contributed by atoms with van der Waals surface area (Å²) < 4.78 is 86.4. The van der Waals surface area contributed by atoms with Crippen molar-refractivity contribution in [2.24, 2.45) is 0 Å². The zero-order valence-corrected chi connectivity index (χ0v) is 13.5. The van der Waals surface area contributed by atoms with Crippen molar-refractivity contribution in [3.63, 3.8) is 0 Å². The van der Waals surface area contributed by atoms with Crippen molar-refractivity contribution in [3.8, 4) is 22.6 Å². The number of hydrogen-bond donors (Lipinski definition) is 1. The topological polar surface area (TPSA) is 68.7 Å². The summed E-state index contributed by atoms with van der Waals surface area (Å²) in [7, 11) is 0. The van der Waals surface area contributed by atoms with Crippen LogP contribution in [0.1, 0.15) is 5.56 Å². The molecule has 0 amide bonds. The fourth-order valence-corrected chi connectivity index (χ4v) is 2.63. The molecule has 2 aromatic rings. The first-order valence-corrected chi connectivity index (χ1v) is 7.48. The number of carboxylic acids is 1. The van der Waals surface area contributed by atoms with Crippen molar-refractivity contribution in [1.29, 1.82) is 0 Å². The van der Waals surface area contributed by atoms with Crippen LogP contribution < -0.4 is 9.47 Å². The minimum atomic E-state index is -5.07. The smallest absolute Gasteiger partial charge is 0.478 e. The minimum Gasteiger partial charge on any atom is -0.478 e. The number of hydrogen-bond acceptors (Lipinski definition) is 4. The first-order chi connectivity index (χ1) is 13.0. The SMILES string of the molecule is O=C(O)C1=Cc2cc(OC(F)(F)F)cc(-c3cccnc3)c2OC1C(F)(F)F. The first-order valence-electron chi connectivity index (χ1n) is 7.48. The van der Waals surface area contributed by atoms with Crippen LogP contribution in [0.5, 0.6) is 11.5 Å². The van der Waals surface area contributed by atoms with Crippen LogP contribution in [0.3, 0.4) is 0 Å². The summed E-state index contributed by atoms with van der Waals surface area (Å²) in [5.41, 5.74) is -1.49. The quantitative estimate of drug-likeness (QED) is 0.765. The molecule has 148 valence electrons. The molecule has 0 aliphatic carbocycles. The molecule has 28 heavy (non-hydrogen) atoms. The molecule has 1 atom stereocenters. The average Bonchev–Trinajstić information content (AvgIpc) is 2.58. The molecular weight excluding hydrogens is 396 g/mol. The van der Waals surface area contributed by atoms with Crippen molar-refractivity contribution in [3.05, 3.63) is 47.8 Å². The summed E-state index contributed by atoms with van der Waals surface area (Å²) in [5.74, 6) is -3.10. The van der Waals surface area contributed by atoms with Gasteiger partial charge >= 0.3 is 18.5 Å². The number of aliphatic carboxylic acids is 1. The van der Waals surface area contributed by atoms with Gasteiger partial charge in [0.15, 0.2) is 0 Å². The molecule has 11 heteroatoms. The number of aromatic nitrogens is 1. The molecule has 3 rings (SSSR count). The number of halogens is 6. The molecule has 0 radical (unpaired) electrons. The highest BCUT2D eigenvalue weighted by atomic mass is 19.4. The molecule has 1 aromatic carbocycles. The van der Waals surface area contributed by atoms with Gasteiger partial charge in [0.25, 0.3) is 0 Å². The summed E-state index contributed by atoms with van der Waals surface area (Å²) in [6.07, 6.45) is -9.74. The maximum atomic E-state index is 13.3. The zero-order valence-electron chi connectivity index (χ0n) is 13.5. The third kappa shape index (κ3) is 4.02. The Morgan fingerprint density at radius 2 is 1.89 bits per heavy atom. The van der Waals surface area contributed by atoms with Gasteiger partial charge in [-0.1, -0.05) is 6.07 Å². The Labute approximate surface area is 152 Å². The van der Waals surface area contributed by atoms with Gasteiger partial charge in [0.1, 0.15) is 11.5 Å². The second-order valence-corrected chi connectivity index (χ2v) is 5.62. The van der Waals surface area contributed by atoms with Crippen LogP contribution in [0.15, 0.2) is 42.2 Å². The van der Waals surface area contributed by atoms with Crippen LogP contribution in [0.4, 0.5) is 26.3 Å². The van der Waals surface area contributed by atoms with E-state index in [0.29, 0.717) is 6.08 Å². The van der Waals surface area contributed by atoms with Crippen LogP contribution in [0.2, 0.25) is 0 Å². The Balaban J connectivity index is 2.24. The summed E-state index contributed by atoms with van der Waals surface area (Å²) in [4.78, 5) is 15.0. The lowest BCUT2D eigenvalue weighted by Gasteiger charge is -2.29. The molecule has 1 aromatic heterocycles. The maximum absolute atomic E-state index is 13.3. The standard InChI is InChI=1S/C17H9F6NO4/c18-16(19,20)14-12(15(25)26)5-9-4-10(28-17(21,22)23)6-11(13(9)27-14)8-2-1-3-24-7-8/h1-7,14H,(H,25,26). The number of carboxylic acid groups (broad SMARTS) is 1. The lowest BCUT2D eigenvalue weighted by Crippen LogP contribution is -2.40. The Bertz CT molecular complexity index is 937. The molecule has 1 N–H and O–H groups in total. The molecule has 5 nitrogen and oxygen atoms in total. The van der Waals surface area contributed by atoms with Gasteiger partial charge in [-0.2, -0.15) is 13.2 Å². The average molecular weight is 405 g/mol. The zero-order chi connectivity index (χ0) is 20.7.